The van der Waals surface area contributed by atoms with Gasteiger partial charge >= 0.3 is 0 Å². The van der Waals surface area contributed by atoms with Crippen LogP contribution < -0.4 is 0 Å². The van der Waals surface area contributed by atoms with E-state index >= 15 is 0 Å². The SMILES string of the molecule is C[C@@H]1C[C@@H]2C[C@@H](O)C3=CCCN4CCC[C@@]32[C@@]4(O)C1. The third kappa shape index (κ3) is 1.34. The quantitative estimate of drug-likeness (QED) is 0.656. The molecular formula is C16H25NO2. The Hall–Kier alpha value is -0.380. The van der Waals surface area contributed by atoms with Gasteiger partial charge in [-0.25, -0.2) is 0 Å². The highest BCUT2D eigenvalue weighted by atomic mass is 16.3. The Morgan fingerprint density at radius 1 is 1.32 bits per heavy atom. The van der Waals surface area contributed by atoms with Crippen LogP contribution in [0, 0.1) is 17.3 Å². The summed E-state index contributed by atoms with van der Waals surface area (Å²) in [5.74, 6) is 1.04. The fourth-order valence-electron chi connectivity index (χ4n) is 5.91. The largest absolute Gasteiger partial charge is 0.389 e. The molecule has 2 heterocycles. The summed E-state index contributed by atoms with van der Waals surface area (Å²) in [5.41, 5.74) is 0.371. The molecule has 0 radical (unpaired) electrons. The fourth-order valence-corrected chi connectivity index (χ4v) is 5.91. The van der Waals surface area contributed by atoms with Crippen molar-refractivity contribution >= 4 is 0 Å². The Kier molecular flexibility index (Phi) is 2.50. The molecule has 2 bridgehead atoms. The molecule has 0 aromatic rings. The molecule has 3 heteroatoms. The summed E-state index contributed by atoms with van der Waals surface area (Å²) >= 11 is 0. The van der Waals surface area contributed by atoms with Crippen LogP contribution in [0.25, 0.3) is 0 Å². The van der Waals surface area contributed by atoms with E-state index in [1.807, 2.05) is 0 Å². The van der Waals surface area contributed by atoms with Gasteiger partial charge < -0.3 is 10.2 Å². The summed E-state index contributed by atoms with van der Waals surface area (Å²) in [6.45, 7) is 4.24. The summed E-state index contributed by atoms with van der Waals surface area (Å²) in [6, 6.07) is 0. The van der Waals surface area contributed by atoms with Crippen molar-refractivity contribution in [3.63, 3.8) is 0 Å². The Labute approximate surface area is 115 Å². The van der Waals surface area contributed by atoms with Gasteiger partial charge in [0.1, 0.15) is 5.72 Å². The molecule has 0 aromatic heterocycles. The van der Waals surface area contributed by atoms with Crippen molar-refractivity contribution in [1.82, 2.24) is 4.90 Å². The van der Waals surface area contributed by atoms with Gasteiger partial charge in [-0.3, -0.25) is 4.90 Å². The molecule has 106 valence electrons. The number of hydrogen-bond acceptors (Lipinski definition) is 3. The molecule has 1 unspecified atom stereocenters. The van der Waals surface area contributed by atoms with Gasteiger partial charge in [0.05, 0.1) is 6.10 Å². The zero-order valence-electron chi connectivity index (χ0n) is 11.8. The maximum absolute atomic E-state index is 11.6. The second-order valence-corrected chi connectivity index (χ2v) is 7.32. The Morgan fingerprint density at radius 2 is 2.16 bits per heavy atom. The van der Waals surface area contributed by atoms with Crippen molar-refractivity contribution < 1.29 is 10.2 Å². The van der Waals surface area contributed by atoms with E-state index in [1.54, 1.807) is 0 Å². The summed E-state index contributed by atoms with van der Waals surface area (Å²) in [7, 11) is 0. The van der Waals surface area contributed by atoms with Crippen molar-refractivity contribution in [1.29, 1.82) is 0 Å². The first-order valence-corrected chi connectivity index (χ1v) is 7.94. The number of nitrogens with zero attached hydrogens (tertiary/aromatic N) is 1. The summed E-state index contributed by atoms with van der Waals surface area (Å²) in [4.78, 5) is 2.33. The van der Waals surface area contributed by atoms with Crippen LogP contribution in [-0.2, 0) is 0 Å². The molecule has 1 spiro atoms. The summed E-state index contributed by atoms with van der Waals surface area (Å²) < 4.78 is 0. The third-order valence-corrected chi connectivity index (χ3v) is 6.40. The molecule has 0 aromatic carbocycles. The molecule has 2 aliphatic heterocycles. The molecule has 0 amide bonds. The van der Waals surface area contributed by atoms with E-state index in [-0.39, 0.29) is 11.5 Å². The van der Waals surface area contributed by atoms with Crippen LogP contribution in [0.1, 0.15) is 45.4 Å². The zero-order chi connectivity index (χ0) is 13.3. The normalized spacial score (nSPS) is 56.3. The van der Waals surface area contributed by atoms with Crippen LogP contribution in [0.5, 0.6) is 0 Å². The lowest BCUT2D eigenvalue weighted by molar-refractivity contribution is -0.242. The molecule has 4 rings (SSSR count). The van der Waals surface area contributed by atoms with Crippen molar-refractivity contribution in [3.8, 4) is 0 Å². The van der Waals surface area contributed by atoms with E-state index in [2.05, 4.69) is 17.9 Å². The number of aliphatic hydroxyl groups is 2. The highest BCUT2D eigenvalue weighted by molar-refractivity contribution is 5.34. The number of rotatable bonds is 0. The van der Waals surface area contributed by atoms with Gasteiger partial charge in [-0.05, 0) is 55.9 Å². The summed E-state index contributed by atoms with van der Waals surface area (Å²) in [5, 5.41) is 22.1. The van der Waals surface area contributed by atoms with E-state index in [4.69, 9.17) is 0 Å². The van der Waals surface area contributed by atoms with Crippen LogP contribution in [0.15, 0.2) is 11.6 Å². The van der Waals surface area contributed by atoms with Crippen LogP contribution in [0.2, 0.25) is 0 Å². The van der Waals surface area contributed by atoms with E-state index in [9.17, 15) is 10.2 Å². The van der Waals surface area contributed by atoms with Gasteiger partial charge in [-0.15, -0.1) is 0 Å². The van der Waals surface area contributed by atoms with Gasteiger partial charge in [0.2, 0.25) is 0 Å². The minimum atomic E-state index is -0.687. The summed E-state index contributed by atoms with van der Waals surface area (Å²) in [6.07, 6.45) is 8.09. The molecule has 2 saturated carbocycles. The fraction of sp³-hybridized carbons (Fsp3) is 0.875. The van der Waals surface area contributed by atoms with Gasteiger partial charge in [-0.1, -0.05) is 13.0 Å². The zero-order valence-corrected chi connectivity index (χ0v) is 11.8. The van der Waals surface area contributed by atoms with E-state index < -0.39 is 5.72 Å². The maximum Gasteiger partial charge on any atom is 0.128 e. The highest BCUT2D eigenvalue weighted by Gasteiger charge is 2.67. The molecular weight excluding hydrogens is 238 g/mol. The third-order valence-electron chi connectivity index (χ3n) is 6.40. The molecule has 19 heavy (non-hydrogen) atoms. The minimum absolute atomic E-state index is 0.131. The number of piperidine rings is 1. The standard InChI is InChI=1S/C16H25NO2/c1-11-8-12-9-14(18)13-4-2-6-17-7-3-5-15(12,13)16(17,19)10-11/h4,11-12,14,18-19H,2-3,5-10H2,1H3/t11-,12-,14-,15+,16+/m1/s1. The number of aliphatic hydroxyl groups excluding tert-OH is 1. The van der Waals surface area contributed by atoms with E-state index in [0.717, 1.165) is 45.2 Å². The lowest BCUT2D eigenvalue weighted by Gasteiger charge is -2.61. The van der Waals surface area contributed by atoms with Gasteiger partial charge in [0.25, 0.3) is 0 Å². The minimum Gasteiger partial charge on any atom is -0.389 e. The van der Waals surface area contributed by atoms with Crippen LogP contribution in [-0.4, -0.2) is 40.0 Å². The van der Waals surface area contributed by atoms with Crippen molar-refractivity contribution in [2.75, 3.05) is 13.1 Å². The van der Waals surface area contributed by atoms with Crippen LogP contribution in [0.4, 0.5) is 0 Å². The average molecular weight is 263 g/mol. The highest BCUT2D eigenvalue weighted by Crippen LogP contribution is 2.66. The van der Waals surface area contributed by atoms with E-state index in [1.165, 1.54) is 12.0 Å². The molecule has 2 N–H and O–H groups in total. The maximum atomic E-state index is 11.6. The Bertz CT molecular complexity index is 434. The lowest BCUT2D eigenvalue weighted by Crippen LogP contribution is -2.67. The predicted octanol–water partition coefficient (Wildman–Crippen LogP) is 1.90. The Morgan fingerprint density at radius 3 is 3.00 bits per heavy atom. The van der Waals surface area contributed by atoms with Crippen LogP contribution >= 0.6 is 0 Å². The monoisotopic (exact) mass is 263 g/mol. The predicted molar refractivity (Wildman–Crippen MR) is 73.4 cm³/mol. The van der Waals surface area contributed by atoms with Crippen molar-refractivity contribution in [3.05, 3.63) is 11.6 Å². The first kappa shape index (κ1) is 12.4. The smallest absolute Gasteiger partial charge is 0.128 e. The van der Waals surface area contributed by atoms with E-state index in [0.29, 0.717) is 11.8 Å². The van der Waals surface area contributed by atoms with Gasteiger partial charge in [-0.2, -0.15) is 0 Å². The molecule has 4 aliphatic rings. The molecule has 3 nitrogen and oxygen atoms in total. The second-order valence-electron chi connectivity index (χ2n) is 7.32. The van der Waals surface area contributed by atoms with Gasteiger partial charge in [0, 0.05) is 18.5 Å². The number of hydrogen-bond donors (Lipinski definition) is 2. The second kappa shape index (κ2) is 3.84. The molecule has 6 atom stereocenters. The molecule has 1 saturated heterocycles. The topological polar surface area (TPSA) is 43.7 Å². The van der Waals surface area contributed by atoms with Crippen molar-refractivity contribution in [2.24, 2.45) is 17.3 Å². The average Bonchev–Trinajstić information content (AvgIpc) is 2.59. The van der Waals surface area contributed by atoms with Gasteiger partial charge in [0.15, 0.2) is 0 Å². The van der Waals surface area contributed by atoms with Crippen LogP contribution in [0.3, 0.4) is 0 Å². The van der Waals surface area contributed by atoms with Crippen molar-refractivity contribution in [2.45, 2.75) is 57.3 Å². The molecule has 3 fully saturated rings. The Balaban J connectivity index is 1.92. The first-order valence-electron chi connectivity index (χ1n) is 7.94. The first-order chi connectivity index (χ1) is 9.08. The molecule has 2 aliphatic carbocycles. The lowest BCUT2D eigenvalue weighted by atomic mass is 9.55.